The van der Waals surface area contributed by atoms with Crippen LogP contribution in [0.1, 0.15) is 45.2 Å². The summed E-state index contributed by atoms with van der Waals surface area (Å²) in [4.78, 5) is 36.4. The van der Waals surface area contributed by atoms with Crippen molar-refractivity contribution in [2.45, 2.75) is 33.8 Å². The van der Waals surface area contributed by atoms with Gasteiger partial charge in [0.1, 0.15) is 10.8 Å². The first-order chi connectivity index (χ1) is 14.6. The molecule has 0 aliphatic carbocycles. The minimum atomic E-state index is -0.552. The highest BCUT2D eigenvalue weighted by molar-refractivity contribution is 7.16. The number of carbonyl (C=O) groups is 2. The molecule has 162 valence electrons. The molecule has 2 aromatic heterocycles. The zero-order valence-electron chi connectivity index (χ0n) is 17.1. The fourth-order valence-electron chi connectivity index (χ4n) is 2.82. The van der Waals surface area contributed by atoms with E-state index < -0.39 is 16.8 Å². The minimum absolute atomic E-state index is 0.00342. The van der Waals surface area contributed by atoms with Gasteiger partial charge in [-0.3, -0.25) is 14.9 Å². The van der Waals surface area contributed by atoms with Gasteiger partial charge >= 0.3 is 5.97 Å². The van der Waals surface area contributed by atoms with Crippen LogP contribution in [0.2, 0.25) is 5.02 Å². The van der Waals surface area contributed by atoms with Crippen molar-refractivity contribution in [2.24, 2.45) is 0 Å². The number of halogens is 1. The number of benzene rings is 1. The molecule has 3 rings (SSSR count). The van der Waals surface area contributed by atoms with Gasteiger partial charge in [-0.25, -0.2) is 4.79 Å². The summed E-state index contributed by atoms with van der Waals surface area (Å²) in [6, 6.07) is 6.96. The van der Waals surface area contributed by atoms with Crippen LogP contribution in [0.5, 0.6) is 0 Å². The van der Waals surface area contributed by atoms with E-state index in [2.05, 4.69) is 5.32 Å². The molecule has 1 aromatic carbocycles. The molecular formula is C21H19ClN2O6S. The molecule has 0 saturated carbocycles. The van der Waals surface area contributed by atoms with Gasteiger partial charge in [0.15, 0.2) is 5.76 Å². The lowest BCUT2D eigenvalue weighted by Crippen LogP contribution is -2.16. The molecule has 0 bridgehead atoms. The summed E-state index contributed by atoms with van der Waals surface area (Å²) in [5.74, 6) is -0.784. The van der Waals surface area contributed by atoms with Crippen molar-refractivity contribution < 1.29 is 23.7 Å². The Hall–Kier alpha value is -3.17. The molecule has 1 N–H and O–H groups in total. The number of thiophene rings is 1. The smallest absolute Gasteiger partial charge is 0.341 e. The highest BCUT2D eigenvalue weighted by Crippen LogP contribution is 2.35. The number of non-ortho nitro benzene ring substituents is 1. The molecular weight excluding hydrogens is 444 g/mol. The number of aryl methyl sites for hydroxylation is 1. The van der Waals surface area contributed by atoms with Crippen molar-refractivity contribution in [3.63, 3.8) is 0 Å². The van der Waals surface area contributed by atoms with Crippen LogP contribution in [0.15, 0.2) is 34.7 Å². The van der Waals surface area contributed by atoms with Gasteiger partial charge in [0, 0.05) is 22.6 Å². The molecule has 2 heterocycles. The fraction of sp³-hybridized carbons (Fsp3) is 0.238. The average molecular weight is 463 g/mol. The molecule has 10 heteroatoms. The van der Waals surface area contributed by atoms with E-state index in [0.717, 1.165) is 10.4 Å². The molecule has 0 radical (unpaired) electrons. The number of hydrogen-bond donors (Lipinski definition) is 1. The van der Waals surface area contributed by atoms with E-state index in [-0.39, 0.29) is 28.3 Å². The van der Waals surface area contributed by atoms with Crippen molar-refractivity contribution in [3.05, 3.63) is 67.2 Å². The summed E-state index contributed by atoms with van der Waals surface area (Å²) in [7, 11) is 0. The number of rotatable bonds is 6. The Balaban J connectivity index is 1.85. The molecule has 0 spiro atoms. The summed E-state index contributed by atoms with van der Waals surface area (Å²) in [6.07, 6.45) is -0.297. The molecule has 0 aliphatic heterocycles. The van der Waals surface area contributed by atoms with Crippen molar-refractivity contribution >= 4 is 45.5 Å². The van der Waals surface area contributed by atoms with Gasteiger partial charge in [0.2, 0.25) is 0 Å². The SMILES string of the molecule is Cc1sc(NC(=O)c2ccc(-c3ccc([N+](=O)[O-])cc3Cl)o2)c(C(=O)OC(C)C)c1C. The van der Waals surface area contributed by atoms with E-state index in [9.17, 15) is 19.7 Å². The van der Waals surface area contributed by atoms with Gasteiger partial charge in [-0.2, -0.15) is 0 Å². The molecule has 0 aliphatic rings. The van der Waals surface area contributed by atoms with Gasteiger partial charge in [-0.1, -0.05) is 11.6 Å². The van der Waals surface area contributed by atoms with Gasteiger partial charge in [0.25, 0.3) is 11.6 Å². The number of nitro groups is 1. The number of hydrogen-bond acceptors (Lipinski definition) is 7. The quantitative estimate of drug-likeness (QED) is 0.273. The number of ether oxygens (including phenoxy) is 1. The summed E-state index contributed by atoms with van der Waals surface area (Å²) < 4.78 is 10.9. The second kappa shape index (κ2) is 8.91. The monoisotopic (exact) mass is 462 g/mol. The summed E-state index contributed by atoms with van der Waals surface area (Å²) in [5, 5.41) is 14.1. The predicted molar refractivity (Wildman–Crippen MR) is 118 cm³/mol. The van der Waals surface area contributed by atoms with Crippen LogP contribution in [0.25, 0.3) is 11.3 Å². The molecule has 0 atom stereocenters. The Kier molecular flexibility index (Phi) is 6.47. The van der Waals surface area contributed by atoms with Crippen LogP contribution in [0.4, 0.5) is 10.7 Å². The third-order valence-electron chi connectivity index (χ3n) is 4.42. The molecule has 31 heavy (non-hydrogen) atoms. The second-order valence-corrected chi connectivity index (χ2v) is 8.61. The Bertz CT molecular complexity index is 1180. The number of carbonyl (C=O) groups excluding carboxylic acids is 2. The minimum Gasteiger partial charge on any atom is -0.459 e. The van der Waals surface area contributed by atoms with Gasteiger partial charge < -0.3 is 14.5 Å². The molecule has 0 unspecified atom stereocenters. The maximum Gasteiger partial charge on any atom is 0.341 e. The van der Waals surface area contributed by atoms with Gasteiger partial charge in [-0.05, 0) is 51.5 Å². The van der Waals surface area contributed by atoms with Crippen molar-refractivity contribution in [2.75, 3.05) is 5.32 Å². The third kappa shape index (κ3) is 4.78. The summed E-state index contributed by atoms with van der Waals surface area (Å²) >= 11 is 7.40. The maximum atomic E-state index is 12.7. The number of nitro benzene ring substituents is 1. The molecule has 1 amide bonds. The highest BCUT2D eigenvalue weighted by atomic mass is 35.5. The lowest BCUT2D eigenvalue weighted by Gasteiger charge is -2.10. The van der Waals surface area contributed by atoms with Crippen LogP contribution >= 0.6 is 22.9 Å². The van der Waals surface area contributed by atoms with Crippen LogP contribution in [0.3, 0.4) is 0 Å². The zero-order valence-corrected chi connectivity index (χ0v) is 18.7. The van der Waals surface area contributed by atoms with Crippen LogP contribution in [-0.4, -0.2) is 22.9 Å². The van der Waals surface area contributed by atoms with Gasteiger partial charge in [-0.15, -0.1) is 11.3 Å². The first kappa shape index (κ1) is 22.5. The van der Waals surface area contributed by atoms with Gasteiger partial charge in [0.05, 0.1) is 21.6 Å². The van der Waals surface area contributed by atoms with E-state index in [1.165, 1.54) is 35.6 Å². The number of esters is 1. The number of anilines is 1. The van der Waals surface area contributed by atoms with Crippen molar-refractivity contribution in [3.8, 4) is 11.3 Å². The zero-order chi connectivity index (χ0) is 22.9. The van der Waals surface area contributed by atoms with E-state index in [4.69, 9.17) is 20.8 Å². The molecule has 0 fully saturated rings. The van der Waals surface area contributed by atoms with E-state index >= 15 is 0 Å². The Morgan fingerprint density at radius 1 is 1.23 bits per heavy atom. The van der Waals surface area contributed by atoms with E-state index in [1.807, 2.05) is 6.92 Å². The second-order valence-electron chi connectivity index (χ2n) is 6.98. The van der Waals surface area contributed by atoms with Crippen LogP contribution in [0, 0.1) is 24.0 Å². The summed E-state index contributed by atoms with van der Waals surface area (Å²) in [6.45, 7) is 7.14. The van der Waals surface area contributed by atoms with E-state index in [1.54, 1.807) is 26.8 Å². The van der Waals surface area contributed by atoms with Crippen molar-refractivity contribution in [1.82, 2.24) is 0 Å². The Morgan fingerprint density at radius 3 is 2.55 bits per heavy atom. The lowest BCUT2D eigenvalue weighted by molar-refractivity contribution is -0.384. The van der Waals surface area contributed by atoms with Crippen molar-refractivity contribution in [1.29, 1.82) is 0 Å². The van der Waals surface area contributed by atoms with Crippen LogP contribution in [-0.2, 0) is 4.74 Å². The lowest BCUT2D eigenvalue weighted by atomic mass is 10.1. The first-order valence-corrected chi connectivity index (χ1v) is 10.4. The number of amides is 1. The normalized spacial score (nSPS) is 10.9. The number of nitrogens with zero attached hydrogens (tertiary/aromatic N) is 1. The highest BCUT2D eigenvalue weighted by Gasteiger charge is 2.24. The molecule has 3 aromatic rings. The Morgan fingerprint density at radius 2 is 1.94 bits per heavy atom. The Labute approximate surface area is 186 Å². The molecule has 0 saturated heterocycles. The predicted octanol–water partition coefficient (Wildman–Crippen LogP) is 6.00. The first-order valence-electron chi connectivity index (χ1n) is 9.25. The largest absolute Gasteiger partial charge is 0.459 e. The standard InChI is InChI=1S/C21H19ClN2O6S/c1-10(2)29-21(26)18-11(3)12(4)31-20(18)23-19(25)17-8-7-16(30-17)14-6-5-13(24(27)28)9-15(14)22/h5-10H,1-4H3,(H,23,25). The molecule has 8 nitrogen and oxygen atoms in total. The average Bonchev–Trinajstić information content (AvgIpc) is 3.26. The number of furan rings is 1. The fourth-order valence-corrected chi connectivity index (χ4v) is 4.13. The third-order valence-corrected chi connectivity index (χ3v) is 5.85. The topological polar surface area (TPSA) is 112 Å². The maximum absolute atomic E-state index is 12.7. The van der Waals surface area contributed by atoms with E-state index in [0.29, 0.717) is 16.1 Å². The van der Waals surface area contributed by atoms with Crippen LogP contribution < -0.4 is 5.32 Å². The number of nitrogens with one attached hydrogen (secondary N) is 1. The summed E-state index contributed by atoms with van der Waals surface area (Å²) in [5.41, 5.74) is 1.32.